The lowest BCUT2D eigenvalue weighted by Gasteiger charge is -2.23. The molecule has 4 aromatic rings. The lowest BCUT2D eigenvalue weighted by molar-refractivity contribution is -0.132. The van der Waals surface area contributed by atoms with E-state index >= 15 is 0 Å². The van der Waals surface area contributed by atoms with Gasteiger partial charge in [-0.15, -0.1) is 0 Å². The number of aliphatic hydroxyl groups excluding tert-OH is 1. The molecule has 4 heterocycles. The normalized spacial score (nSPS) is 17.2. The third kappa shape index (κ3) is 3.94. The summed E-state index contributed by atoms with van der Waals surface area (Å²) in [5.74, 6) is -2.42. The van der Waals surface area contributed by atoms with Crippen molar-refractivity contribution in [2.75, 3.05) is 4.90 Å². The highest BCUT2D eigenvalue weighted by atomic mass is 35.5. The molecule has 1 aliphatic rings. The number of aliphatic hydroxyl groups is 1. The zero-order chi connectivity index (χ0) is 26.8. The van der Waals surface area contributed by atoms with Gasteiger partial charge in [-0.1, -0.05) is 46.7 Å². The minimum atomic E-state index is -1.08. The molecule has 1 atom stereocenters. The first-order chi connectivity index (χ1) is 17.5. The van der Waals surface area contributed by atoms with Gasteiger partial charge in [0.25, 0.3) is 5.78 Å². The van der Waals surface area contributed by atoms with Crippen LogP contribution in [0.2, 0.25) is 10.0 Å². The SMILES string of the molecule is CC(=O)c1sc(N2C(=O)C(=O)/C(=C(/O)c3nc4c(C)cccn4c3C)C2c2ccc(Cl)c(Cl)c2)nc1C. The molecule has 1 aromatic carbocycles. The second kappa shape index (κ2) is 9.09. The number of thiazole rings is 1. The summed E-state index contributed by atoms with van der Waals surface area (Å²) in [6, 6.07) is 7.37. The smallest absolute Gasteiger partial charge is 0.301 e. The molecule has 1 saturated heterocycles. The number of aryl methyl sites for hydroxylation is 3. The number of ketones is 2. The van der Waals surface area contributed by atoms with Crippen molar-refractivity contribution >= 4 is 68.6 Å². The van der Waals surface area contributed by atoms with E-state index in [0.717, 1.165) is 16.9 Å². The van der Waals surface area contributed by atoms with Crippen molar-refractivity contribution < 1.29 is 19.5 Å². The van der Waals surface area contributed by atoms with Gasteiger partial charge in [0.1, 0.15) is 11.3 Å². The fourth-order valence-corrected chi connectivity index (χ4v) is 5.81. The Morgan fingerprint density at radius 1 is 1.08 bits per heavy atom. The number of halogens is 2. The first kappa shape index (κ1) is 25.1. The molecule has 1 amide bonds. The molecular weight excluding hydrogens is 535 g/mol. The summed E-state index contributed by atoms with van der Waals surface area (Å²) in [6.07, 6.45) is 1.80. The van der Waals surface area contributed by atoms with E-state index in [9.17, 15) is 19.5 Å². The van der Waals surface area contributed by atoms with Gasteiger partial charge in [-0.3, -0.25) is 19.3 Å². The van der Waals surface area contributed by atoms with E-state index in [0.29, 0.717) is 27.5 Å². The summed E-state index contributed by atoms with van der Waals surface area (Å²) in [4.78, 5) is 49.5. The molecule has 1 fully saturated rings. The van der Waals surface area contributed by atoms with Gasteiger partial charge >= 0.3 is 5.91 Å². The monoisotopic (exact) mass is 554 g/mol. The number of rotatable bonds is 4. The number of Topliss-reactive ketones (excluding diaryl/α,β-unsaturated/α-hetero) is 2. The molecule has 11 heteroatoms. The fourth-order valence-electron chi connectivity index (χ4n) is 4.51. The molecular formula is C26H20Cl2N4O4S. The second-order valence-electron chi connectivity index (χ2n) is 8.74. The van der Waals surface area contributed by atoms with Crippen LogP contribution in [-0.2, 0) is 9.59 Å². The Morgan fingerprint density at radius 2 is 1.81 bits per heavy atom. The maximum atomic E-state index is 13.5. The van der Waals surface area contributed by atoms with Gasteiger partial charge in [-0.05, 0) is 50.1 Å². The number of carbonyl (C=O) groups is 3. The molecule has 3 aromatic heterocycles. The zero-order valence-corrected chi connectivity index (χ0v) is 22.5. The highest BCUT2D eigenvalue weighted by molar-refractivity contribution is 7.18. The molecule has 0 radical (unpaired) electrons. The zero-order valence-electron chi connectivity index (χ0n) is 20.2. The number of aromatic nitrogens is 3. The van der Waals surface area contributed by atoms with Crippen molar-refractivity contribution in [2.24, 2.45) is 0 Å². The van der Waals surface area contributed by atoms with Gasteiger partial charge in [0, 0.05) is 13.1 Å². The van der Waals surface area contributed by atoms with Crippen molar-refractivity contribution in [3.63, 3.8) is 0 Å². The van der Waals surface area contributed by atoms with Crippen LogP contribution in [0.5, 0.6) is 0 Å². The highest BCUT2D eigenvalue weighted by Gasteiger charge is 2.49. The van der Waals surface area contributed by atoms with Crippen molar-refractivity contribution in [1.29, 1.82) is 0 Å². The summed E-state index contributed by atoms with van der Waals surface area (Å²) in [7, 11) is 0. The third-order valence-electron chi connectivity index (χ3n) is 6.32. The molecule has 0 spiro atoms. The largest absolute Gasteiger partial charge is 0.505 e. The first-order valence-electron chi connectivity index (χ1n) is 11.2. The van der Waals surface area contributed by atoms with Gasteiger partial charge < -0.3 is 9.51 Å². The summed E-state index contributed by atoms with van der Waals surface area (Å²) >= 11 is 13.4. The molecule has 1 unspecified atom stereocenters. The van der Waals surface area contributed by atoms with Gasteiger partial charge in [0.2, 0.25) is 0 Å². The number of benzene rings is 1. The summed E-state index contributed by atoms with van der Waals surface area (Å²) < 4.78 is 1.80. The van der Waals surface area contributed by atoms with Crippen LogP contribution in [0.1, 0.15) is 50.8 Å². The Labute approximate surface area is 225 Å². The average Bonchev–Trinajstić information content (AvgIpc) is 3.48. The van der Waals surface area contributed by atoms with E-state index in [1.54, 1.807) is 36.6 Å². The van der Waals surface area contributed by atoms with E-state index < -0.39 is 23.5 Å². The molecule has 0 aliphatic carbocycles. The van der Waals surface area contributed by atoms with Crippen LogP contribution in [0.15, 0.2) is 42.1 Å². The molecule has 188 valence electrons. The van der Waals surface area contributed by atoms with Crippen molar-refractivity contribution in [3.8, 4) is 0 Å². The summed E-state index contributed by atoms with van der Waals surface area (Å²) in [5.41, 5.74) is 2.98. The Hall–Kier alpha value is -3.53. The van der Waals surface area contributed by atoms with E-state index in [1.165, 1.54) is 17.9 Å². The minimum Gasteiger partial charge on any atom is -0.505 e. The van der Waals surface area contributed by atoms with Crippen LogP contribution >= 0.6 is 34.5 Å². The van der Waals surface area contributed by atoms with Crippen LogP contribution in [0.3, 0.4) is 0 Å². The predicted molar refractivity (Wildman–Crippen MR) is 143 cm³/mol. The number of hydrogen-bond acceptors (Lipinski definition) is 7. The Kier molecular flexibility index (Phi) is 6.18. The highest BCUT2D eigenvalue weighted by Crippen LogP contribution is 2.45. The van der Waals surface area contributed by atoms with Crippen LogP contribution in [0.25, 0.3) is 11.4 Å². The fraction of sp³-hybridized carbons (Fsp3) is 0.192. The van der Waals surface area contributed by atoms with Crippen molar-refractivity contribution in [3.05, 3.63) is 85.2 Å². The molecule has 1 aliphatic heterocycles. The number of pyridine rings is 1. The van der Waals surface area contributed by atoms with Crippen molar-refractivity contribution in [2.45, 2.75) is 33.7 Å². The maximum Gasteiger partial charge on any atom is 0.301 e. The van der Waals surface area contributed by atoms with Crippen LogP contribution < -0.4 is 4.90 Å². The average molecular weight is 555 g/mol. The van der Waals surface area contributed by atoms with Gasteiger partial charge in [0.15, 0.2) is 16.7 Å². The number of anilines is 1. The summed E-state index contributed by atoms with van der Waals surface area (Å²) in [5, 5.41) is 12.2. The summed E-state index contributed by atoms with van der Waals surface area (Å²) in [6.45, 7) is 6.71. The van der Waals surface area contributed by atoms with Crippen molar-refractivity contribution in [1.82, 2.24) is 14.4 Å². The minimum absolute atomic E-state index is 0.155. The number of nitrogens with zero attached hydrogens (tertiary/aromatic N) is 4. The predicted octanol–water partition coefficient (Wildman–Crippen LogP) is 5.85. The lowest BCUT2D eigenvalue weighted by Crippen LogP contribution is -2.29. The number of imidazole rings is 1. The molecule has 37 heavy (non-hydrogen) atoms. The van der Waals surface area contributed by atoms with Crippen LogP contribution in [-0.4, -0.2) is 36.9 Å². The van der Waals surface area contributed by atoms with E-state index in [1.807, 2.05) is 19.1 Å². The molecule has 1 N–H and O–H groups in total. The van der Waals surface area contributed by atoms with Gasteiger partial charge in [-0.25, -0.2) is 9.97 Å². The number of carbonyl (C=O) groups excluding carboxylic acids is 3. The molecule has 5 rings (SSSR count). The Bertz CT molecular complexity index is 1690. The third-order valence-corrected chi connectivity index (χ3v) is 8.32. The lowest BCUT2D eigenvalue weighted by atomic mass is 9.96. The van der Waals surface area contributed by atoms with Gasteiger partial charge in [-0.2, -0.15) is 0 Å². The quantitative estimate of drug-likeness (QED) is 0.147. The Balaban J connectivity index is 1.78. The van der Waals surface area contributed by atoms with E-state index in [-0.39, 0.29) is 32.2 Å². The second-order valence-corrected chi connectivity index (χ2v) is 10.5. The van der Waals surface area contributed by atoms with Crippen LogP contribution in [0, 0.1) is 20.8 Å². The number of fused-ring (bicyclic) bond motifs is 1. The standard InChI is InChI=1S/C26H20Cl2N4O4S/c1-11-6-5-9-31-13(3)19(30-24(11)31)21(34)18-20(15-7-8-16(27)17(28)10-15)32(25(36)22(18)35)26-29-12(2)23(37-26)14(4)33/h5-10,20,34H,1-4H3/b21-18+. The molecule has 0 bridgehead atoms. The number of hydrogen-bond donors (Lipinski definition) is 1. The topological polar surface area (TPSA) is 105 Å². The van der Waals surface area contributed by atoms with Crippen LogP contribution in [0.4, 0.5) is 5.13 Å². The first-order valence-corrected chi connectivity index (χ1v) is 12.8. The Morgan fingerprint density at radius 3 is 2.43 bits per heavy atom. The number of amides is 1. The maximum absolute atomic E-state index is 13.5. The molecule has 0 saturated carbocycles. The molecule has 8 nitrogen and oxygen atoms in total. The van der Waals surface area contributed by atoms with E-state index in [4.69, 9.17) is 23.2 Å². The van der Waals surface area contributed by atoms with E-state index in [2.05, 4.69) is 9.97 Å². The van der Waals surface area contributed by atoms with Gasteiger partial charge in [0.05, 0.1) is 37.9 Å².